The lowest BCUT2D eigenvalue weighted by Gasteiger charge is -2.12. The summed E-state index contributed by atoms with van der Waals surface area (Å²) in [5.41, 5.74) is 2.81. The highest BCUT2D eigenvalue weighted by molar-refractivity contribution is 14.1. The van der Waals surface area contributed by atoms with E-state index >= 15 is 0 Å². The van der Waals surface area contributed by atoms with Crippen LogP contribution in [0.2, 0.25) is 0 Å². The molecule has 0 spiro atoms. The minimum absolute atomic E-state index is 0.225. The lowest BCUT2D eigenvalue weighted by atomic mass is 10.1. The van der Waals surface area contributed by atoms with Crippen LogP contribution in [-0.4, -0.2) is 12.0 Å². The maximum absolute atomic E-state index is 13.4. The number of aromatic nitrogens is 1. The summed E-state index contributed by atoms with van der Waals surface area (Å²) in [5, 5.41) is 3.94. The Bertz CT molecular complexity index is 567. The lowest BCUT2D eigenvalue weighted by Crippen LogP contribution is -1.99. The second-order valence-corrected chi connectivity index (χ2v) is 5.45. The third-order valence-electron chi connectivity index (χ3n) is 2.71. The molecule has 0 saturated heterocycles. The molecule has 2 aromatic rings. The van der Waals surface area contributed by atoms with Crippen LogP contribution < -0.4 is 5.32 Å². The van der Waals surface area contributed by atoms with Gasteiger partial charge in [0.2, 0.25) is 0 Å². The fraction of sp³-hybridized carbons (Fsp3) is 0.308. The Morgan fingerprint density at radius 1 is 1.29 bits per heavy atom. The Hall–Kier alpha value is -0.910. The molecule has 0 bridgehead atoms. The fourth-order valence-corrected chi connectivity index (χ4v) is 2.48. The molecule has 17 heavy (non-hydrogen) atoms. The van der Waals surface area contributed by atoms with Gasteiger partial charge in [-0.15, -0.1) is 0 Å². The van der Waals surface area contributed by atoms with Gasteiger partial charge >= 0.3 is 0 Å². The predicted octanol–water partition coefficient (Wildman–Crippen LogP) is 4.14. The van der Waals surface area contributed by atoms with Gasteiger partial charge in [-0.25, -0.2) is 4.39 Å². The minimum atomic E-state index is -0.225. The average molecular weight is 344 g/mol. The summed E-state index contributed by atoms with van der Waals surface area (Å²) in [5.74, 6) is 0.129. The van der Waals surface area contributed by atoms with Gasteiger partial charge in [-0.3, -0.25) is 4.98 Å². The van der Waals surface area contributed by atoms with E-state index in [0.717, 1.165) is 25.9 Å². The van der Waals surface area contributed by atoms with Crippen molar-refractivity contribution in [1.29, 1.82) is 0 Å². The molecule has 2 rings (SSSR count). The molecule has 4 heteroatoms. The number of hydrogen-bond donors (Lipinski definition) is 1. The van der Waals surface area contributed by atoms with Gasteiger partial charge in [0.25, 0.3) is 0 Å². The van der Waals surface area contributed by atoms with Gasteiger partial charge in [-0.1, -0.05) is 13.8 Å². The van der Waals surface area contributed by atoms with Crippen molar-refractivity contribution in [2.45, 2.75) is 19.8 Å². The molecular formula is C13H14FIN2. The number of halogens is 2. The first-order chi connectivity index (χ1) is 8.02. The molecule has 90 valence electrons. The van der Waals surface area contributed by atoms with Crippen molar-refractivity contribution >= 4 is 39.2 Å². The van der Waals surface area contributed by atoms with E-state index in [1.54, 1.807) is 0 Å². The van der Waals surface area contributed by atoms with E-state index in [2.05, 4.69) is 46.7 Å². The molecular weight excluding hydrogens is 330 g/mol. The quantitative estimate of drug-likeness (QED) is 0.829. The maximum atomic E-state index is 13.4. The van der Waals surface area contributed by atoms with E-state index in [-0.39, 0.29) is 5.82 Å². The first-order valence-electron chi connectivity index (χ1n) is 5.50. The highest BCUT2D eigenvalue weighted by Gasteiger charge is 2.11. The smallest absolute Gasteiger partial charge is 0.125 e. The number of rotatable bonds is 2. The van der Waals surface area contributed by atoms with E-state index < -0.39 is 0 Å². The summed E-state index contributed by atoms with van der Waals surface area (Å²) in [6.07, 6.45) is 0. The molecule has 1 aromatic heterocycles. The number of hydrogen-bond acceptors (Lipinski definition) is 2. The molecule has 0 radical (unpaired) electrons. The highest BCUT2D eigenvalue weighted by atomic mass is 127. The standard InChI is InChI=1S/C13H14FIN2/c1-7(2)11-6-12(16-3)9-4-8(14)5-10(15)13(9)17-11/h4-7H,1-3H3,(H,16,17). The van der Waals surface area contributed by atoms with Crippen molar-refractivity contribution in [3.05, 3.63) is 33.3 Å². The molecule has 0 fully saturated rings. The van der Waals surface area contributed by atoms with Crippen molar-refractivity contribution in [2.24, 2.45) is 0 Å². The Morgan fingerprint density at radius 3 is 2.59 bits per heavy atom. The number of nitrogens with one attached hydrogen (secondary N) is 1. The molecule has 0 aliphatic rings. The van der Waals surface area contributed by atoms with E-state index in [4.69, 9.17) is 0 Å². The van der Waals surface area contributed by atoms with Crippen LogP contribution in [0.5, 0.6) is 0 Å². The molecule has 1 N–H and O–H groups in total. The average Bonchev–Trinajstić information content (AvgIpc) is 2.27. The summed E-state index contributed by atoms with van der Waals surface area (Å²) < 4.78 is 14.3. The van der Waals surface area contributed by atoms with Crippen LogP contribution in [-0.2, 0) is 0 Å². The summed E-state index contributed by atoms with van der Waals surface area (Å²) in [6.45, 7) is 4.20. The zero-order valence-electron chi connectivity index (χ0n) is 10.0. The Balaban J connectivity index is 2.82. The molecule has 0 saturated carbocycles. The minimum Gasteiger partial charge on any atom is -0.388 e. The molecule has 0 atom stereocenters. The van der Waals surface area contributed by atoms with Gasteiger partial charge in [0.1, 0.15) is 5.82 Å². The number of benzene rings is 1. The van der Waals surface area contributed by atoms with Crippen LogP contribution in [0.1, 0.15) is 25.5 Å². The zero-order valence-corrected chi connectivity index (χ0v) is 12.2. The third kappa shape index (κ3) is 2.36. The van der Waals surface area contributed by atoms with Gasteiger partial charge in [0.05, 0.1) is 5.52 Å². The third-order valence-corrected chi connectivity index (χ3v) is 3.53. The zero-order chi connectivity index (χ0) is 12.6. The van der Waals surface area contributed by atoms with Crippen LogP contribution in [0.4, 0.5) is 10.1 Å². The molecule has 0 aliphatic heterocycles. The molecule has 2 nitrogen and oxygen atoms in total. The number of pyridine rings is 1. The number of anilines is 1. The largest absolute Gasteiger partial charge is 0.388 e. The van der Waals surface area contributed by atoms with E-state index in [1.807, 2.05) is 13.1 Å². The monoisotopic (exact) mass is 344 g/mol. The normalized spacial score (nSPS) is 11.2. The second kappa shape index (κ2) is 4.76. The summed E-state index contributed by atoms with van der Waals surface area (Å²) in [4.78, 5) is 4.61. The molecule has 1 aromatic carbocycles. The van der Waals surface area contributed by atoms with Crippen molar-refractivity contribution < 1.29 is 4.39 Å². The van der Waals surface area contributed by atoms with Gasteiger partial charge in [-0.05, 0) is 46.7 Å². The lowest BCUT2D eigenvalue weighted by molar-refractivity contribution is 0.628. The van der Waals surface area contributed by atoms with Crippen LogP contribution in [0, 0.1) is 9.39 Å². The van der Waals surface area contributed by atoms with Gasteiger partial charge in [0, 0.05) is 27.4 Å². The van der Waals surface area contributed by atoms with Crippen molar-refractivity contribution in [3.63, 3.8) is 0 Å². The number of nitrogens with zero attached hydrogens (tertiary/aromatic N) is 1. The number of fused-ring (bicyclic) bond motifs is 1. The predicted molar refractivity (Wildman–Crippen MR) is 78.1 cm³/mol. The van der Waals surface area contributed by atoms with Crippen LogP contribution >= 0.6 is 22.6 Å². The molecule has 1 heterocycles. The van der Waals surface area contributed by atoms with E-state index in [1.165, 1.54) is 12.1 Å². The van der Waals surface area contributed by atoms with Crippen molar-refractivity contribution in [2.75, 3.05) is 12.4 Å². The van der Waals surface area contributed by atoms with E-state index in [9.17, 15) is 4.39 Å². The van der Waals surface area contributed by atoms with Crippen molar-refractivity contribution in [1.82, 2.24) is 4.98 Å². The Kier molecular flexibility index (Phi) is 3.51. The van der Waals surface area contributed by atoms with Gasteiger partial charge in [-0.2, -0.15) is 0 Å². The SMILES string of the molecule is CNc1cc(C(C)C)nc2c(I)cc(F)cc12. The first-order valence-corrected chi connectivity index (χ1v) is 6.58. The fourth-order valence-electron chi connectivity index (χ4n) is 1.77. The highest BCUT2D eigenvalue weighted by Crippen LogP contribution is 2.29. The Morgan fingerprint density at radius 2 is 2.00 bits per heavy atom. The molecule has 0 unspecified atom stereocenters. The Labute approximate surface area is 114 Å². The topological polar surface area (TPSA) is 24.9 Å². The second-order valence-electron chi connectivity index (χ2n) is 4.28. The van der Waals surface area contributed by atoms with Gasteiger partial charge in [0.15, 0.2) is 0 Å². The van der Waals surface area contributed by atoms with Crippen LogP contribution in [0.25, 0.3) is 10.9 Å². The van der Waals surface area contributed by atoms with Crippen LogP contribution in [0.15, 0.2) is 18.2 Å². The molecule has 0 aliphatic carbocycles. The van der Waals surface area contributed by atoms with E-state index in [0.29, 0.717) is 5.92 Å². The summed E-state index contributed by atoms with van der Waals surface area (Å²) in [6, 6.07) is 5.03. The van der Waals surface area contributed by atoms with Crippen molar-refractivity contribution in [3.8, 4) is 0 Å². The van der Waals surface area contributed by atoms with Crippen LogP contribution in [0.3, 0.4) is 0 Å². The maximum Gasteiger partial charge on any atom is 0.125 e. The summed E-state index contributed by atoms with van der Waals surface area (Å²) in [7, 11) is 1.84. The first kappa shape index (κ1) is 12.5. The van der Waals surface area contributed by atoms with Gasteiger partial charge < -0.3 is 5.32 Å². The summed E-state index contributed by atoms with van der Waals surface area (Å²) >= 11 is 2.13. The molecule has 0 amide bonds.